The van der Waals surface area contributed by atoms with E-state index in [4.69, 9.17) is 0 Å². The monoisotopic (exact) mass is 647 g/mol. The van der Waals surface area contributed by atoms with Crippen LogP contribution in [0.4, 0.5) is 26.3 Å². The fourth-order valence-corrected chi connectivity index (χ4v) is 7.19. The summed E-state index contributed by atoms with van der Waals surface area (Å²) in [5.74, 6) is 1.53. The predicted octanol–water partition coefficient (Wildman–Crippen LogP) is 5.81. The highest BCUT2D eigenvalue weighted by atomic mass is 19.4. The Bertz CT molecular complexity index is 1580. The van der Waals surface area contributed by atoms with Crippen LogP contribution < -0.4 is 0 Å². The maximum atomic E-state index is 13.8. The molecule has 3 aromatic rings. The Kier molecular flexibility index (Phi) is 8.82. The van der Waals surface area contributed by atoms with Crippen molar-refractivity contribution in [3.63, 3.8) is 0 Å². The van der Waals surface area contributed by atoms with Crippen LogP contribution in [0.3, 0.4) is 0 Å². The molecule has 2 aliphatic heterocycles. The first-order valence-corrected chi connectivity index (χ1v) is 15.6. The summed E-state index contributed by atoms with van der Waals surface area (Å²) < 4.78 is 81.8. The van der Waals surface area contributed by atoms with Gasteiger partial charge in [-0.25, -0.2) is 4.79 Å². The number of alkyl halides is 6. The molecule has 2 saturated heterocycles. The minimum atomic E-state index is -5.08. The molecule has 0 unspecified atom stereocenters. The van der Waals surface area contributed by atoms with E-state index in [-0.39, 0.29) is 32.1 Å². The Morgan fingerprint density at radius 1 is 0.848 bits per heavy atom. The second-order valence-electron chi connectivity index (χ2n) is 12.3. The van der Waals surface area contributed by atoms with Crippen molar-refractivity contribution in [3.8, 4) is 0 Å². The number of benzene rings is 2. The molecule has 3 aliphatic rings. The van der Waals surface area contributed by atoms with Gasteiger partial charge in [-0.1, -0.05) is 31.0 Å². The van der Waals surface area contributed by atoms with Crippen molar-refractivity contribution in [2.45, 2.75) is 56.5 Å². The zero-order valence-electron chi connectivity index (χ0n) is 25.1. The van der Waals surface area contributed by atoms with E-state index >= 15 is 0 Å². The van der Waals surface area contributed by atoms with E-state index in [2.05, 4.69) is 15.8 Å². The maximum absolute atomic E-state index is 13.8. The highest BCUT2D eigenvalue weighted by Gasteiger charge is 2.40. The molecular formula is C33H35F6N5O2. The molecule has 0 bridgehead atoms. The first-order valence-electron chi connectivity index (χ1n) is 15.6. The van der Waals surface area contributed by atoms with E-state index in [0.29, 0.717) is 37.1 Å². The molecule has 7 nitrogen and oxygen atoms in total. The largest absolute Gasteiger partial charge is 0.416 e. The number of hydrogen-bond donors (Lipinski definition) is 1. The number of aromatic nitrogens is 1. The van der Waals surface area contributed by atoms with Gasteiger partial charge in [0.15, 0.2) is 11.8 Å². The van der Waals surface area contributed by atoms with E-state index < -0.39 is 41.0 Å². The summed E-state index contributed by atoms with van der Waals surface area (Å²) in [5, 5.41) is 0.889. The topological polar surface area (TPSA) is 62.9 Å². The average molecular weight is 648 g/mol. The summed E-state index contributed by atoms with van der Waals surface area (Å²) in [6.45, 7) is 3.22. The summed E-state index contributed by atoms with van der Waals surface area (Å²) >= 11 is 0. The number of nitrogens with zero attached hydrogens (tertiary/aromatic N) is 4. The first-order chi connectivity index (χ1) is 21.9. The lowest BCUT2D eigenvalue weighted by Crippen LogP contribution is -2.58. The number of halogens is 6. The molecule has 3 fully saturated rings. The molecule has 0 spiro atoms. The lowest BCUT2D eigenvalue weighted by Gasteiger charge is -2.46. The SMILES string of the molecule is O=C=C(N1CCN(C2CCCC2)CC1)N1CCN(C(=O)c2cc(C(F)(F)F)cc(C(F)(F)F)c2)[C@H](Cc2c[nH]c3ccccc23)C1. The number of carbonyl (C=O) groups excluding carboxylic acids is 2. The molecule has 1 amide bonds. The summed E-state index contributed by atoms with van der Waals surface area (Å²) in [7, 11) is 0. The fourth-order valence-electron chi connectivity index (χ4n) is 7.19. The first kappa shape index (κ1) is 32.0. The van der Waals surface area contributed by atoms with Crippen LogP contribution in [0.1, 0.15) is 52.7 Å². The summed E-state index contributed by atoms with van der Waals surface area (Å²) in [6, 6.07) is 8.38. The Hall–Kier alpha value is -3.96. The Morgan fingerprint density at radius 2 is 1.48 bits per heavy atom. The predicted molar refractivity (Wildman–Crippen MR) is 159 cm³/mol. The quantitative estimate of drug-likeness (QED) is 0.271. The van der Waals surface area contributed by atoms with Crippen LogP contribution in [0.25, 0.3) is 10.9 Å². The maximum Gasteiger partial charge on any atom is 0.416 e. The molecule has 2 aromatic carbocycles. The summed E-state index contributed by atoms with van der Waals surface area (Å²) in [4.78, 5) is 37.0. The fraction of sp³-hybridized carbons (Fsp3) is 0.485. The average Bonchev–Trinajstić information content (AvgIpc) is 3.72. The van der Waals surface area contributed by atoms with Crippen LogP contribution in [0.5, 0.6) is 0 Å². The Labute approximate surface area is 262 Å². The number of hydrogen-bond acceptors (Lipinski definition) is 5. The van der Waals surface area contributed by atoms with Crippen LogP contribution in [0, 0.1) is 0 Å². The molecule has 3 heterocycles. The molecule has 13 heteroatoms. The van der Waals surface area contributed by atoms with Crippen molar-refractivity contribution >= 4 is 22.8 Å². The molecule has 246 valence electrons. The molecular weight excluding hydrogens is 612 g/mol. The number of piperazine rings is 2. The standard InChI is InChI=1S/C33H35F6N5O2/c34-32(35,36)24-15-22(16-25(18-24)33(37,38)39)31(46)44-14-13-43(20-27(44)17-23-19-40-29-8-4-3-7-28(23)29)30(21-45)42-11-9-41(10-12-42)26-5-1-2-6-26/h3-4,7-8,15-16,18-19,26-27,40H,1-2,5-6,9-14,17,20H2/t27-/m1/s1. The van der Waals surface area contributed by atoms with Crippen molar-refractivity contribution < 1.29 is 35.9 Å². The third kappa shape index (κ3) is 6.62. The molecule has 0 radical (unpaired) electrons. The Balaban J connectivity index is 1.28. The van der Waals surface area contributed by atoms with E-state index in [1.807, 2.05) is 34.1 Å². The highest BCUT2D eigenvalue weighted by Crippen LogP contribution is 2.37. The number of rotatable bonds is 6. The van der Waals surface area contributed by atoms with Gasteiger partial charge in [0, 0.05) is 74.5 Å². The van der Waals surface area contributed by atoms with E-state index in [0.717, 1.165) is 29.6 Å². The van der Waals surface area contributed by atoms with Crippen molar-refractivity contribution in [2.24, 2.45) is 0 Å². The number of aromatic amines is 1. The van der Waals surface area contributed by atoms with Crippen molar-refractivity contribution in [3.05, 3.63) is 76.7 Å². The van der Waals surface area contributed by atoms with Gasteiger partial charge in [-0.2, -0.15) is 26.3 Å². The summed E-state index contributed by atoms with van der Waals surface area (Å²) in [6.07, 6.45) is -3.30. The van der Waals surface area contributed by atoms with Crippen LogP contribution in [-0.4, -0.2) is 94.3 Å². The number of H-pyrrole nitrogens is 1. The van der Waals surface area contributed by atoms with Crippen LogP contribution in [0.2, 0.25) is 0 Å². The number of fused-ring (bicyclic) bond motifs is 1. The normalized spacial score (nSPS) is 20.4. The number of carbonyl (C=O) groups is 1. The molecule has 1 aromatic heterocycles. The number of amides is 1. The smallest absolute Gasteiger partial charge is 0.361 e. The number of nitrogens with one attached hydrogen (secondary N) is 1. The second kappa shape index (κ2) is 12.7. The minimum Gasteiger partial charge on any atom is -0.361 e. The lowest BCUT2D eigenvalue weighted by atomic mass is 9.98. The molecule has 6 rings (SSSR count). The third-order valence-electron chi connectivity index (χ3n) is 9.55. The van der Waals surface area contributed by atoms with Gasteiger partial charge in [-0.05, 0) is 49.1 Å². The zero-order chi connectivity index (χ0) is 32.6. The van der Waals surface area contributed by atoms with E-state index in [1.54, 1.807) is 6.20 Å². The second-order valence-corrected chi connectivity index (χ2v) is 12.3. The van der Waals surface area contributed by atoms with E-state index in [1.165, 1.54) is 30.6 Å². The molecule has 1 N–H and O–H groups in total. The van der Waals surface area contributed by atoms with Gasteiger partial charge in [0.05, 0.1) is 17.2 Å². The van der Waals surface area contributed by atoms with E-state index in [9.17, 15) is 35.9 Å². The van der Waals surface area contributed by atoms with Crippen molar-refractivity contribution in [2.75, 3.05) is 45.8 Å². The molecule has 46 heavy (non-hydrogen) atoms. The van der Waals surface area contributed by atoms with Gasteiger partial charge >= 0.3 is 12.4 Å². The van der Waals surface area contributed by atoms with Crippen LogP contribution in [-0.2, 0) is 23.6 Å². The van der Waals surface area contributed by atoms with Crippen molar-refractivity contribution in [1.29, 1.82) is 0 Å². The Morgan fingerprint density at radius 3 is 2.11 bits per heavy atom. The van der Waals surface area contributed by atoms with Gasteiger partial charge in [-0.3, -0.25) is 9.69 Å². The molecule has 1 aliphatic carbocycles. The van der Waals surface area contributed by atoms with Crippen LogP contribution >= 0.6 is 0 Å². The van der Waals surface area contributed by atoms with Crippen molar-refractivity contribution in [1.82, 2.24) is 24.6 Å². The molecule has 1 saturated carbocycles. The zero-order valence-corrected chi connectivity index (χ0v) is 25.1. The minimum absolute atomic E-state index is 0.00330. The van der Waals surface area contributed by atoms with Gasteiger partial charge in [0.1, 0.15) is 0 Å². The lowest BCUT2D eigenvalue weighted by molar-refractivity contribution is -0.143. The van der Waals surface area contributed by atoms with Gasteiger partial charge in [0.2, 0.25) is 0 Å². The van der Waals surface area contributed by atoms with Gasteiger partial charge in [0.25, 0.3) is 5.91 Å². The highest BCUT2D eigenvalue weighted by molar-refractivity contribution is 5.95. The summed E-state index contributed by atoms with van der Waals surface area (Å²) in [5.41, 5.74) is -2.08. The number of para-hydroxylation sites is 1. The van der Waals surface area contributed by atoms with Crippen LogP contribution in [0.15, 0.2) is 54.5 Å². The van der Waals surface area contributed by atoms with Gasteiger partial charge in [-0.15, -0.1) is 0 Å². The molecule has 1 atom stereocenters. The third-order valence-corrected chi connectivity index (χ3v) is 9.55. The van der Waals surface area contributed by atoms with Gasteiger partial charge < -0.3 is 19.7 Å².